The number of hydrogen-bond donors (Lipinski definition) is 3. The number of carbonyl (C=O) groups is 1. The summed E-state index contributed by atoms with van der Waals surface area (Å²) in [6, 6.07) is 0. The summed E-state index contributed by atoms with van der Waals surface area (Å²) < 4.78 is 0. The molecule has 0 saturated carbocycles. The van der Waals surface area contributed by atoms with Crippen molar-refractivity contribution in [1.29, 1.82) is 0 Å². The van der Waals surface area contributed by atoms with Gasteiger partial charge in [0.15, 0.2) is 0 Å². The van der Waals surface area contributed by atoms with Gasteiger partial charge in [0.05, 0.1) is 6.54 Å². The summed E-state index contributed by atoms with van der Waals surface area (Å²) in [6.45, 7) is 6.15. The number of rotatable bonds is 7. The van der Waals surface area contributed by atoms with E-state index in [9.17, 15) is 4.79 Å². The largest absolute Gasteiger partial charge is 0.480 e. The number of carboxylic acids is 1. The third kappa shape index (κ3) is 6.00. The Morgan fingerprint density at radius 2 is 2.35 bits per heavy atom. The Morgan fingerprint density at radius 3 is 3.00 bits per heavy atom. The van der Waals surface area contributed by atoms with Crippen molar-refractivity contribution in [2.24, 2.45) is 11.8 Å². The zero-order chi connectivity index (χ0) is 12.7. The highest BCUT2D eigenvalue weighted by Crippen LogP contribution is 2.16. The van der Waals surface area contributed by atoms with Gasteiger partial charge in [-0.3, -0.25) is 4.79 Å². The molecular weight excluding hydrogens is 220 g/mol. The molecule has 1 saturated heterocycles. The van der Waals surface area contributed by atoms with E-state index in [-0.39, 0.29) is 13.2 Å². The second-order valence-electron chi connectivity index (χ2n) is 5.08. The van der Waals surface area contributed by atoms with Crippen LogP contribution in [-0.4, -0.2) is 60.4 Å². The lowest BCUT2D eigenvalue weighted by Gasteiger charge is -2.34. The van der Waals surface area contributed by atoms with E-state index in [1.165, 1.54) is 0 Å². The van der Waals surface area contributed by atoms with Gasteiger partial charge in [-0.25, -0.2) is 0 Å². The molecule has 0 aliphatic carbocycles. The molecule has 1 heterocycles. The maximum absolute atomic E-state index is 10.4. The topological polar surface area (TPSA) is 72.8 Å². The molecule has 0 radical (unpaired) electrons. The monoisotopic (exact) mass is 244 g/mol. The first-order valence-electron chi connectivity index (χ1n) is 6.37. The minimum atomic E-state index is -0.799. The van der Waals surface area contributed by atoms with Gasteiger partial charge in [-0.1, -0.05) is 6.92 Å². The molecule has 0 aromatic carbocycles. The molecule has 0 bridgehead atoms. The van der Waals surface area contributed by atoms with Gasteiger partial charge in [0.1, 0.15) is 0 Å². The van der Waals surface area contributed by atoms with E-state index in [1.54, 1.807) is 0 Å². The maximum atomic E-state index is 10.4. The average molecular weight is 244 g/mol. The third-order valence-corrected chi connectivity index (χ3v) is 3.19. The van der Waals surface area contributed by atoms with Crippen molar-refractivity contribution in [2.75, 3.05) is 39.3 Å². The summed E-state index contributed by atoms with van der Waals surface area (Å²) >= 11 is 0. The lowest BCUT2D eigenvalue weighted by atomic mass is 9.97. The molecule has 2 atom stereocenters. The van der Waals surface area contributed by atoms with E-state index in [0.29, 0.717) is 11.8 Å². The van der Waals surface area contributed by atoms with Crippen molar-refractivity contribution < 1.29 is 15.0 Å². The van der Waals surface area contributed by atoms with Crippen molar-refractivity contribution in [2.45, 2.75) is 19.8 Å². The molecule has 3 N–H and O–H groups in total. The van der Waals surface area contributed by atoms with E-state index in [2.05, 4.69) is 10.2 Å². The lowest BCUT2D eigenvalue weighted by molar-refractivity contribution is -0.136. The second-order valence-corrected chi connectivity index (χ2v) is 5.08. The van der Waals surface area contributed by atoms with Crippen LogP contribution in [0.1, 0.15) is 19.8 Å². The fraction of sp³-hybridized carbons (Fsp3) is 0.917. The summed E-state index contributed by atoms with van der Waals surface area (Å²) in [5, 5.41) is 20.5. The van der Waals surface area contributed by atoms with E-state index in [1.807, 2.05) is 6.92 Å². The Bertz CT molecular complexity index is 236. The first-order chi connectivity index (χ1) is 8.11. The zero-order valence-electron chi connectivity index (χ0n) is 10.6. The smallest absolute Gasteiger partial charge is 0.317 e. The summed E-state index contributed by atoms with van der Waals surface area (Å²) in [4.78, 5) is 12.8. The Kier molecular flexibility index (Phi) is 6.47. The Balaban J connectivity index is 2.21. The third-order valence-electron chi connectivity index (χ3n) is 3.19. The van der Waals surface area contributed by atoms with Gasteiger partial charge in [0.25, 0.3) is 0 Å². The number of aliphatic carboxylic acids is 1. The van der Waals surface area contributed by atoms with Crippen LogP contribution < -0.4 is 5.32 Å². The molecule has 5 nitrogen and oxygen atoms in total. The van der Waals surface area contributed by atoms with Crippen LogP contribution in [0.15, 0.2) is 0 Å². The van der Waals surface area contributed by atoms with Gasteiger partial charge in [0, 0.05) is 19.7 Å². The first-order valence-corrected chi connectivity index (χ1v) is 6.37. The summed E-state index contributed by atoms with van der Waals surface area (Å²) in [6.07, 6.45) is 2.33. The lowest BCUT2D eigenvalue weighted by Crippen LogP contribution is -2.42. The zero-order valence-corrected chi connectivity index (χ0v) is 10.6. The van der Waals surface area contributed by atoms with Crippen LogP contribution in [-0.2, 0) is 4.79 Å². The molecule has 0 aromatic heterocycles. The number of aliphatic hydroxyl groups is 1. The molecule has 0 amide bonds. The van der Waals surface area contributed by atoms with Crippen LogP contribution in [0.2, 0.25) is 0 Å². The number of piperidine rings is 1. The number of carboxylic acid groups (broad SMARTS) is 1. The SMILES string of the molecule is CC(CO)CN1CCCC(CNCC(=O)O)C1. The Hall–Kier alpha value is -0.650. The number of aliphatic hydroxyl groups excluding tert-OH is 1. The van der Waals surface area contributed by atoms with Gasteiger partial charge in [-0.15, -0.1) is 0 Å². The number of hydrogen-bond acceptors (Lipinski definition) is 4. The van der Waals surface area contributed by atoms with Crippen LogP contribution in [0, 0.1) is 11.8 Å². The predicted molar refractivity (Wildman–Crippen MR) is 65.9 cm³/mol. The molecule has 100 valence electrons. The first kappa shape index (κ1) is 14.4. The highest BCUT2D eigenvalue weighted by Gasteiger charge is 2.20. The summed E-state index contributed by atoms with van der Waals surface area (Å²) in [7, 11) is 0. The molecular formula is C12H24N2O3. The quantitative estimate of drug-likeness (QED) is 0.588. The number of likely N-dealkylation sites (tertiary alicyclic amines) is 1. The van der Waals surface area contributed by atoms with Gasteiger partial charge in [0.2, 0.25) is 0 Å². The average Bonchev–Trinajstić information content (AvgIpc) is 2.29. The second kappa shape index (κ2) is 7.63. The molecule has 2 unspecified atom stereocenters. The van der Waals surface area contributed by atoms with Gasteiger partial charge in [-0.2, -0.15) is 0 Å². The van der Waals surface area contributed by atoms with Crippen LogP contribution in [0.25, 0.3) is 0 Å². The molecule has 1 fully saturated rings. The minimum absolute atomic E-state index is 0.0452. The predicted octanol–water partition coefficient (Wildman–Crippen LogP) is 0.00100. The van der Waals surface area contributed by atoms with Crippen molar-refractivity contribution >= 4 is 5.97 Å². The molecule has 5 heteroatoms. The van der Waals surface area contributed by atoms with E-state index in [0.717, 1.165) is 39.0 Å². The highest BCUT2D eigenvalue weighted by atomic mass is 16.4. The molecule has 1 aliphatic rings. The van der Waals surface area contributed by atoms with Gasteiger partial charge < -0.3 is 20.4 Å². The maximum Gasteiger partial charge on any atom is 0.317 e. The van der Waals surface area contributed by atoms with Crippen LogP contribution >= 0.6 is 0 Å². The van der Waals surface area contributed by atoms with Crippen molar-refractivity contribution in [3.8, 4) is 0 Å². The molecule has 17 heavy (non-hydrogen) atoms. The molecule has 1 aliphatic heterocycles. The molecule has 0 spiro atoms. The summed E-state index contributed by atoms with van der Waals surface area (Å²) in [5.41, 5.74) is 0. The van der Waals surface area contributed by atoms with Crippen molar-refractivity contribution in [3.05, 3.63) is 0 Å². The molecule has 1 rings (SSSR count). The van der Waals surface area contributed by atoms with Gasteiger partial charge >= 0.3 is 5.97 Å². The van der Waals surface area contributed by atoms with E-state index in [4.69, 9.17) is 10.2 Å². The normalized spacial score (nSPS) is 23.5. The molecule has 0 aromatic rings. The standard InChI is InChI=1S/C12H24N2O3/c1-10(9-15)7-14-4-2-3-11(8-14)5-13-6-12(16)17/h10-11,13,15H,2-9H2,1H3,(H,16,17). The fourth-order valence-corrected chi connectivity index (χ4v) is 2.37. The van der Waals surface area contributed by atoms with Crippen LogP contribution in [0.4, 0.5) is 0 Å². The Morgan fingerprint density at radius 1 is 1.59 bits per heavy atom. The number of nitrogens with zero attached hydrogens (tertiary/aromatic N) is 1. The minimum Gasteiger partial charge on any atom is -0.480 e. The van der Waals surface area contributed by atoms with Crippen LogP contribution in [0.5, 0.6) is 0 Å². The van der Waals surface area contributed by atoms with Crippen molar-refractivity contribution in [1.82, 2.24) is 10.2 Å². The van der Waals surface area contributed by atoms with E-state index < -0.39 is 5.97 Å². The van der Waals surface area contributed by atoms with Crippen LogP contribution in [0.3, 0.4) is 0 Å². The van der Waals surface area contributed by atoms with Gasteiger partial charge in [-0.05, 0) is 37.8 Å². The Labute approximate surface area is 103 Å². The van der Waals surface area contributed by atoms with Crippen molar-refractivity contribution in [3.63, 3.8) is 0 Å². The summed E-state index contributed by atoms with van der Waals surface area (Å²) in [5.74, 6) is 0.0567. The highest BCUT2D eigenvalue weighted by molar-refractivity contribution is 5.68. The number of nitrogens with one attached hydrogen (secondary N) is 1. The fourth-order valence-electron chi connectivity index (χ4n) is 2.37. The van der Waals surface area contributed by atoms with E-state index >= 15 is 0 Å².